The minimum atomic E-state index is 0.234. The molecule has 6 heteroatoms. The molecule has 0 aliphatic carbocycles. The Morgan fingerprint density at radius 3 is 2.55 bits per heavy atom. The first kappa shape index (κ1) is 16.8. The van der Waals surface area contributed by atoms with Gasteiger partial charge in [0.2, 0.25) is 0 Å². The zero-order valence-electron chi connectivity index (χ0n) is 12.7. The molecule has 1 aromatic rings. The van der Waals surface area contributed by atoms with Crippen LogP contribution < -0.4 is 0 Å². The van der Waals surface area contributed by atoms with Gasteiger partial charge in [-0.1, -0.05) is 26.0 Å². The summed E-state index contributed by atoms with van der Waals surface area (Å²) < 4.78 is 12.5. The molecule has 0 bridgehead atoms. The van der Waals surface area contributed by atoms with Gasteiger partial charge in [0, 0.05) is 19.0 Å². The third-order valence-electron chi connectivity index (χ3n) is 2.90. The molecule has 0 aromatic carbocycles. The van der Waals surface area contributed by atoms with Gasteiger partial charge < -0.3 is 9.47 Å². The van der Waals surface area contributed by atoms with Crippen molar-refractivity contribution in [3.63, 3.8) is 0 Å². The number of hydrogen-bond acceptors (Lipinski definition) is 5. The number of carbonyl (C=O) groups is 1. The molecule has 0 saturated carbocycles. The van der Waals surface area contributed by atoms with E-state index in [1.807, 2.05) is 13.1 Å². The van der Waals surface area contributed by atoms with Crippen molar-refractivity contribution in [1.82, 2.24) is 15.0 Å². The molecule has 0 atom stereocenters. The van der Waals surface area contributed by atoms with Gasteiger partial charge in [0.25, 0.3) is 0 Å². The van der Waals surface area contributed by atoms with Gasteiger partial charge in [-0.05, 0) is 5.92 Å². The number of ether oxygens (including phenoxy) is 2. The van der Waals surface area contributed by atoms with Crippen molar-refractivity contribution in [1.29, 1.82) is 0 Å². The molecule has 0 radical (unpaired) electrons. The normalized spacial score (nSPS) is 11.2. The first-order valence-electron chi connectivity index (χ1n) is 7.20. The molecule has 114 valence electrons. The summed E-state index contributed by atoms with van der Waals surface area (Å²) in [6.45, 7) is 8.85. The Morgan fingerprint density at radius 2 is 1.95 bits per heavy atom. The van der Waals surface area contributed by atoms with Gasteiger partial charge in [0.1, 0.15) is 5.78 Å². The SMILES string of the molecule is CCC(=O)CCOCCOCCn1cc(C(C)C)nn1. The molecule has 0 N–H and O–H groups in total. The van der Waals surface area contributed by atoms with Crippen LogP contribution in [0.25, 0.3) is 0 Å². The maximum atomic E-state index is 11.0. The molecule has 1 rings (SSSR count). The predicted molar refractivity (Wildman–Crippen MR) is 75.7 cm³/mol. The Hall–Kier alpha value is -1.27. The van der Waals surface area contributed by atoms with Gasteiger partial charge in [-0.15, -0.1) is 5.10 Å². The van der Waals surface area contributed by atoms with Crippen molar-refractivity contribution >= 4 is 5.78 Å². The van der Waals surface area contributed by atoms with Gasteiger partial charge in [-0.2, -0.15) is 0 Å². The molecule has 0 spiro atoms. The van der Waals surface area contributed by atoms with Crippen LogP contribution in [-0.4, -0.2) is 47.2 Å². The molecular weight excluding hydrogens is 258 g/mol. The van der Waals surface area contributed by atoms with Gasteiger partial charge >= 0.3 is 0 Å². The van der Waals surface area contributed by atoms with E-state index in [0.717, 1.165) is 5.69 Å². The van der Waals surface area contributed by atoms with Crippen molar-refractivity contribution in [2.45, 2.75) is 46.1 Å². The number of rotatable bonds is 11. The zero-order chi connectivity index (χ0) is 14.8. The second-order valence-corrected chi connectivity index (χ2v) is 4.93. The van der Waals surface area contributed by atoms with Crippen LogP contribution >= 0.6 is 0 Å². The fraction of sp³-hybridized carbons (Fsp3) is 0.786. The highest BCUT2D eigenvalue weighted by Gasteiger charge is 2.04. The number of Topliss-reactive ketones (excluding diaryl/α,β-unsaturated/α-hetero) is 1. The van der Waals surface area contributed by atoms with Crippen LogP contribution in [0.2, 0.25) is 0 Å². The van der Waals surface area contributed by atoms with E-state index < -0.39 is 0 Å². The number of hydrogen-bond donors (Lipinski definition) is 0. The van der Waals surface area contributed by atoms with Crippen molar-refractivity contribution in [2.24, 2.45) is 0 Å². The summed E-state index contributed by atoms with van der Waals surface area (Å²) in [5, 5.41) is 8.11. The molecular formula is C14H25N3O3. The largest absolute Gasteiger partial charge is 0.379 e. The third kappa shape index (κ3) is 6.77. The van der Waals surface area contributed by atoms with E-state index in [-0.39, 0.29) is 5.78 Å². The fourth-order valence-corrected chi connectivity index (χ4v) is 1.53. The van der Waals surface area contributed by atoms with Gasteiger partial charge in [0.15, 0.2) is 0 Å². The molecule has 0 aliphatic rings. The van der Waals surface area contributed by atoms with Crippen LogP contribution in [0.3, 0.4) is 0 Å². The van der Waals surface area contributed by atoms with E-state index in [9.17, 15) is 4.79 Å². The summed E-state index contributed by atoms with van der Waals surface area (Å²) in [7, 11) is 0. The van der Waals surface area contributed by atoms with Crippen LogP contribution in [0.5, 0.6) is 0 Å². The maximum absolute atomic E-state index is 11.0. The van der Waals surface area contributed by atoms with E-state index in [2.05, 4.69) is 24.2 Å². The summed E-state index contributed by atoms with van der Waals surface area (Å²) in [5.41, 5.74) is 0.994. The number of carbonyl (C=O) groups excluding carboxylic acids is 1. The van der Waals surface area contributed by atoms with E-state index in [1.54, 1.807) is 4.68 Å². The lowest BCUT2D eigenvalue weighted by atomic mass is 10.2. The Balaban J connectivity index is 1.98. The second-order valence-electron chi connectivity index (χ2n) is 4.93. The highest BCUT2D eigenvalue weighted by molar-refractivity contribution is 5.78. The molecule has 0 amide bonds. The summed E-state index contributed by atoms with van der Waals surface area (Å²) in [5.74, 6) is 0.627. The molecule has 0 unspecified atom stereocenters. The highest BCUT2D eigenvalue weighted by atomic mass is 16.5. The zero-order valence-corrected chi connectivity index (χ0v) is 12.7. The Kier molecular flexibility index (Phi) is 8.06. The maximum Gasteiger partial charge on any atom is 0.134 e. The average molecular weight is 283 g/mol. The molecule has 0 fully saturated rings. The Bertz CT molecular complexity index is 391. The molecule has 0 aliphatic heterocycles. The van der Waals surface area contributed by atoms with Crippen molar-refractivity contribution in [3.8, 4) is 0 Å². The topological polar surface area (TPSA) is 66.2 Å². The minimum absolute atomic E-state index is 0.234. The van der Waals surface area contributed by atoms with Crippen LogP contribution in [0, 0.1) is 0 Å². The lowest BCUT2D eigenvalue weighted by Gasteiger charge is -2.05. The first-order chi connectivity index (χ1) is 9.63. The van der Waals surface area contributed by atoms with Gasteiger partial charge in [-0.25, -0.2) is 4.68 Å². The summed E-state index contributed by atoms with van der Waals surface area (Å²) >= 11 is 0. The third-order valence-corrected chi connectivity index (χ3v) is 2.90. The predicted octanol–water partition coefficient (Wildman–Crippen LogP) is 1.80. The van der Waals surface area contributed by atoms with Crippen LogP contribution in [0.15, 0.2) is 6.20 Å². The van der Waals surface area contributed by atoms with Crippen molar-refractivity contribution < 1.29 is 14.3 Å². The summed E-state index contributed by atoms with van der Waals surface area (Å²) in [6, 6.07) is 0. The highest BCUT2D eigenvalue weighted by Crippen LogP contribution is 2.08. The smallest absolute Gasteiger partial charge is 0.134 e. The van der Waals surface area contributed by atoms with Gasteiger partial charge in [0.05, 0.1) is 38.7 Å². The molecule has 20 heavy (non-hydrogen) atoms. The molecule has 1 heterocycles. The molecule has 6 nitrogen and oxygen atoms in total. The lowest BCUT2D eigenvalue weighted by Crippen LogP contribution is -2.11. The monoisotopic (exact) mass is 283 g/mol. The summed E-state index contributed by atoms with van der Waals surface area (Å²) in [6.07, 6.45) is 3.02. The van der Waals surface area contributed by atoms with Crippen molar-refractivity contribution in [2.75, 3.05) is 26.4 Å². The Labute approximate surface area is 120 Å². The van der Waals surface area contributed by atoms with E-state index >= 15 is 0 Å². The summed E-state index contributed by atoms with van der Waals surface area (Å²) in [4.78, 5) is 11.0. The van der Waals surface area contributed by atoms with Gasteiger partial charge in [-0.3, -0.25) is 4.79 Å². The average Bonchev–Trinajstić information content (AvgIpc) is 2.90. The lowest BCUT2D eigenvalue weighted by molar-refractivity contribution is -0.119. The fourth-order valence-electron chi connectivity index (χ4n) is 1.53. The quantitative estimate of drug-likeness (QED) is 0.579. The van der Waals surface area contributed by atoms with E-state index in [0.29, 0.717) is 51.7 Å². The van der Waals surface area contributed by atoms with Crippen LogP contribution in [0.4, 0.5) is 0 Å². The molecule has 1 aromatic heterocycles. The second kappa shape index (κ2) is 9.61. The Morgan fingerprint density at radius 1 is 1.25 bits per heavy atom. The van der Waals surface area contributed by atoms with Crippen molar-refractivity contribution in [3.05, 3.63) is 11.9 Å². The standard InChI is InChI=1S/C14H25N3O3/c1-4-13(18)5-7-19-9-10-20-8-6-17-11-14(12(2)3)15-16-17/h11-12H,4-10H2,1-3H3. The first-order valence-corrected chi connectivity index (χ1v) is 7.20. The molecule has 0 saturated heterocycles. The van der Waals surface area contributed by atoms with E-state index in [4.69, 9.17) is 9.47 Å². The van der Waals surface area contributed by atoms with Crippen LogP contribution in [0.1, 0.15) is 45.2 Å². The van der Waals surface area contributed by atoms with E-state index in [1.165, 1.54) is 0 Å². The number of aromatic nitrogens is 3. The minimum Gasteiger partial charge on any atom is -0.379 e. The number of ketones is 1. The van der Waals surface area contributed by atoms with Crippen LogP contribution in [-0.2, 0) is 20.8 Å². The number of nitrogens with zero attached hydrogens (tertiary/aromatic N) is 3.